The molecule has 5 nitrogen and oxygen atoms in total. The molecule has 1 aliphatic heterocycles. The van der Waals surface area contributed by atoms with Gasteiger partial charge in [0.2, 0.25) is 0 Å². The van der Waals surface area contributed by atoms with E-state index in [-0.39, 0.29) is 29.9 Å². The first-order valence-corrected chi connectivity index (χ1v) is 11.0. The van der Waals surface area contributed by atoms with E-state index in [2.05, 4.69) is 33.8 Å². The highest BCUT2D eigenvalue weighted by Gasteiger charge is 2.28. The van der Waals surface area contributed by atoms with Crippen LogP contribution in [-0.2, 0) is 17.6 Å². The Kier molecular flexibility index (Phi) is 6.81. The Bertz CT molecular complexity index is 1070. The quantitative estimate of drug-likeness (QED) is 0.485. The summed E-state index contributed by atoms with van der Waals surface area (Å²) in [6, 6.07) is 19.4. The fourth-order valence-electron chi connectivity index (χ4n) is 4.47. The van der Waals surface area contributed by atoms with Gasteiger partial charge in [-0.2, -0.15) is 0 Å². The van der Waals surface area contributed by atoms with Gasteiger partial charge in [0.15, 0.2) is 0 Å². The fourth-order valence-corrected chi connectivity index (χ4v) is 4.47. The maximum atomic E-state index is 14.9. The second kappa shape index (κ2) is 9.92. The van der Waals surface area contributed by atoms with Crippen molar-refractivity contribution in [1.29, 1.82) is 0 Å². The highest BCUT2D eigenvalue weighted by atomic mass is 19.1. The van der Waals surface area contributed by atoms with Crippen LogP contribution in [-0.4, -0.2) is 29.1 Å². The van der Waals surface area contributed by atoms with Gasteiger partial charge in [-0.3, -0.25) is 9.78 Å². The number of hydrogen-bond acceptors (Lipinski definition) is 4. The van der Waals surface area contributed by atoms with Crippen LogP contribution in [0.5, 0.6) is 0 Å². The molecule has 3 N–H and O–H groups in total. The molecule has 0 bridgehead atoms. The maximum absolute atomic E-state index is 14.9. The molecule has 32 heavy (non-hydrogen) atoms. The van der Waals surface area contributed by atoms with Crippen LogP contribution in [0.25, 0.3) is 0 Å². The molecular weight excluding hydrogens is 405 g/mol. The Morgan fingerprint density at radius 3 is 2.78 bits per heavy atom. The maximum Gasteiger partial charge on any atom is 0.307 e. The Morgan fingerprint density at radius 1 is 1.19 bits per heavy atom. The number of hydrogen-bond donors (Lipinski definition) is 3. The Hall–Kier alpha value is -3.25. The SMILES string of the molecule is C[C@@H](CN[C@H](c1ccccc1)[C@H]1CNc2cccnc2C1)c1cccc(CC(=O)O)c1F. The number of carbonyl (C=O) groups is 1. The lowest BCUT2D eigenvalue weighted by molar-refractivity contribution is -0.136. The number of benzene rings is 2. The number of anilines is 1. The molecule has 2 aromatic carbocycles. The third-order valence-corrected chi connectivity index (χ3v) is 6.16. The van der Waals surface area contributed by atoms with Gasteiger partial charge in [0.05, 0.1) is 17.8 Å². The number of nitrogens with zero attached hydrogens (tertiary/aromatic N) is 1. The van der Waals surface area contributed by atoms with E-state index in [0.717, 1.165) is 24.3 Å². The van der Waals surface area contributed by atoms with Crippen molar-refractivity contribution in [2.24, 2.45) is 5.92 Å². The van der Waals surface area contributed by atoms with Crippen LogP contribution in [0, 0.1) is 11.7 Å². The van der Waals surface area contributed by atoms with Crippen LogP contribution < -0.4 is 10.6 Å². The number of pyridine rings is 1. The molecule has 166 valence electrons. The number of halogens is 1. The predicted octanol–water partition coefficient (Wildman–Crippen LogP) is 4.57. The molecule has 2 heterocycles. The van der Waals surface area contributed by atoms with Gasteiger partial charge in [0.25, 0.3) is 0 Å². The van der Waals surface area contributed by atoms with Gasteiger partial charge in [-0.1, -0.05) is 55.5 Å². The zero-order valence-electron chi connectivity index (χ0n) is 18.1. The van der Waals surface area contributed by atoms with Gasteiger partial charge in [-0.15, -0.1) is 0 Å². The molecule has 1 aromatic heterocycles. The fraction of sp³-hybridized carbons (Fsp3) is 0.308. The van der Waals surface area contributed by atoms with E-state index in [1.807, 2.05) is 37.4 Å². The smallest absolute Gasteiger partial charge is 0.307 e. The van der Waals surface area contributed by atoms with Crippen molar-refractivity contribution < 1.29 is 14.3 Å². The average Bonchev–Trinajstić information content (AvgIpc) is 2.81. The van der Waals surface area contributed by atoms with Crippen LogP contribution >= 0.6 is 0 Å². The largest absolute Gasteiger partial charge is 0.481 e. The molecule has 3 atom stereocenters. The molecular formula is C26H28FN3O2. The number of aliphatic carboxylic acids is 1. The molecule has 0 amide bonds. The molecule has 0 unspecified atom stereocenters. The summed E-state index contributed by atoms with van der Waals surface area (Å²) in [5, 5.41) is 16.2. The van der Waals surface area contributed by atoms with Gasteiger partial charge in [0.1, 0.15) is 5.82 Å². The summed E-state index contributed by atoms with van der Waals surface area (Å²) >= 11 is 0. The Labute approximate surface area is 187 Å². The highest BCUT2D eigenvalue weighted by Crippen LogP contribution is 2.32. The van der Waals surface area contributed by atoms with Crippen LogP contribution in [0.3, 0.4) is 0 Å². The number of fused-ring (bicyclic) bond motifs is 1. The first kappa shape index (κ1) is 22.0. The van der Waals surface area contributed by atoms with Crippen molar-refractivity contribution in [3.63, 3.8) is 0 Å². The molecule has 0 saturated heterocycles. The lowest BCUT2D eigenvalue weighted by atomic mass is 9.86. The third kappa shape index (κ3) is 4.97. The second-order valence-electron chi connectivity index (χ2n) is 8.43. The van der Waals surface area contributed by atoms with Gasteiger partial charge in [0, 0.05) is 31.2 Å². The van der Waals surface area contributed by atoms with E-state index in [4.69, 9.17) is 5.11 Å². The number of carboxylic acids is 1. The molecule has 0 spiro atoms. The zero-order valence-corrected chi connectivity index (χ0v) is 18.1. The average molecular weight is 434 g/mol. The molecule has 0 saturated carbocycles. The highest BCUT2D eigenvalue weighted by molar-refractivity contribution is 5.70. The van der Waals surface area contributed by atoms with E-state index >= 15 is 0 Å². The summed E-state index contributed by atoms with van der Waals surface area (Å²) in [5.41, 5.74) is 4.09. The summed E-state index contributed by atoms with van der Waals surface area (Å²) < 4.78 is 14.9. The lowest BCUT2D eigenvalue weighted by Gasteiger charge is -2.33. The first-order valence-electron chi connectivity index (χ1n) is 11.0. The van der Waals surface area contributed by atoms with Gasteiger partial charge in [-0.25, -0.2) is 4.39 Å². The van der Waals surface area contributed by atoms with Crippen molar-refractivity contribution >= 4 is 11.7 Å². The van der Waals surface area contributed by atoms with Crippen LogP contribution in [0.1, 0.15) is 41.3 Å². The van der Waals surface area contributed by atoms with Crippen molar-refractivity contribution in [2.45, 2.75) is 31.7 Å². The molecule has 6 heteroatoms. The number of rotatable bonds is 8. The van der Waals surface area contributed by atoms with E-state index in [1.54, 1.807) is 12.1 Å². The standard InChI is InChI=1S/C26H28FN3O2/c1-17(21-10-5-9-19(25(21)27)14-24(31)32)15-30-26(18-7-3-2-4-8-18)20-13-23-22(29-16-20)11-6-12-28-23/h2-12,17,20,26,29-30H,13-16H2,1H3,(H,31,32)/t17-,20+,26+/m0/s1. The molecule has 0 aliphatic carbocycles. The normalized spacial score (nSPS) is 17.1. The monoisotopic (exact) mass is 433 g/mol. The topological polar surface area (TPSA) is 74.2 Å². The first-order chi connectivity index (χ1) is 15.5. The summed E-state index contributed by atoms with van der Waals surface area (Å²) in [6.07, 6.45) is 2.36. The third-order valence-electron chi connectivity index (χ3n) is 6.16. The number of aromatic nitrogens is 1. The van der Waals surface area contributed by atoms with Crippen LogP contribution in [0.15, 0.2) is 66.9 Å². The van der Waals surface area contributed by atoms with Crippen LogP contribution in [0.2, 0.25) is 0 Å². The van der Waals surface area contributed by atoms with E-state index in [1.165, 1.54) is 11.6 Å². The lowest BCUT2D eigenvalue weighted by Crippen LogP contribution is -2.37. The molecule has 1 aliphatic rings. The molecule has 3 aromatic rings. The van der Waals surface area contributed by atoms with Crippen molar-refractivity contribution in [3.05, 3.63) is 95.1 Å². The van der Waals surface area contributed by atoms with Crippen molar-refractivity contribution in [1.82, 2.24) is 10.3 Å². The van der Waals surface area contributed by atoms with E-state index in [0.29, 0.717) is 12.1 Å². The van der Waals surface area contributed by atoms with E-state index in [9.17, 15) is 9.18 Å². The summed E-state index contributed by atoms with van der Waals surface area (Å²) in [4.78, 5) is 15.6. The summed E-state index contributed by atoms with van der Waals surface area (Å²) in [6.45, 7) is 3.36. The molecule has 0 radical (unpaired) electrons. The van der Waals surface area contributed by atoms with Crippen molar-refractivity contribution in [3.8, 4) is 0 Å². The minimum Gasteiger partial charge on any atom is -0.481 e. The number of carboxylic acid groups (broad SMARTS) is 1. The predicted molar refractivity (Wildman–Crippen MR) is 123 cm³/mol. The van der Waals surface area contributed by atoms with Gasteiger partial charge >= 0.3 is 5.97 Å². The number of nitrogens with one attached hydrogen (secondary N) is 2. The van der Waals surface area contributed by atoms with Gasteiger partial charge < -0.3 is 15.7 Å². The Morgan fingerprint density at radius 2 is 2.00 bits per heavy atom. The minimum atomic E-state index is -1.03. The zero-order chi connectivity index (χ0) is 22.5. The molecule has 4 rings (SSSR count). The minimum absolute atomic E-state index is 0.0755. The Balaban J connectivity index is 1.52. The summed E-state index contributed by atoms with van der Waals surface area (Å²) in [5.74, 6) is -1.28. The van der Waals surface area contributed by atoms with E-state index < -0.39 is 11.8 Å². The molecule has 0 fully saturated rings. The van der Waals surface area contributed by atoms with Crippen LogP contribution in [0.4, 0.5) is 10.1 Å². The second-order valence-corrected chi connectivity index (χ2v) is 8.43. The van der Waals surface area contributed by atoms with Crippen molar-refractivity contribution in [2.75, 3.05) is 18.4 Å². The van der Waals surface area contributed by atoms with Gasteiger partial charge in [-0.05, 0) is 41.2 Å². The summed E-state index contributed by atoms with van der Waals surface area (Å²) in [7, 11) is 0.